The second-order valence-electron chi connectivity index (χ2n) is 3.88. The van der Waals surface area contributed by atoms with Crippen molar-refractivity contribution in [3.8, 4) is 22.8 Å². The standard InChI is InChI=1S/C14H8BrClN2O/c15-11-7-3-1-5-9(11)13-17-14(19-18-13)10-6-2-4-8-12(10)16/h1-8H. The Morgan fingerprint density at radius 2 is 1.63 bits per heavy atom. The van der Waals surface area contributed by atoms with E-state index in [1.807, 2.05) is 42.5 Å². The topological polar surface area (TPSA) is 38.9 Å². The van der Waals surface area contributed by atoms with Gasteiger partial charge in [0.25, 0.3) is 5.89 Å². The average molecular weight is 336 g/mol. The van der Waals surface area contributed by atoms with Crippen LogP contribution >= 0.6 is 27.5 Å². The summed E-state index contributed by atoms with van der Waals surface area (Å²) >= 11 is 9.57. The molecule has 2 aromatic carbocycles. The number of aromatic nitrogens is 2. The van der Waals surface area contributed by atoms with Gasteiger partial charge in [0.1, 0.15) is 0 Å². The Hall–Kier alpha value is -1.65. The molecule has 0 unspecified atom stereocenters. The lowest BCUT2D eigenvalue weighted by molar-refractivity contribution is 0.432. The van der Waals surface area contributed by atoms with Crippen molar-refractivity contribution in [2.75, 3.05) is 0 Å². The Morgan fingerprint density at radius 1 is 0.947 bits per heavy atom. The Kier molecular flexibility index (Phi) is 3.36. The van der Waals surface area contributed by atoms with Crippen molar-refractivity contribution in [1.82, 2.24) is 10.1 Å². The fourth-order valence-electron chi connectivity index (χ4n) is 1.72. The van der Waals surface area contributed by atoms with E-state index in [2.05, 4.69) is 26.1 Å². The predicted molar refractivity (Wildman–Crippen MR) is 77.9 cm³/mol. The van der Waals surface area contributed by atoms with E-state index in [1.54, 1.807) is 6.07 Å². The van der Waals surface area contributed by atoms with Crippen LogP contribution in [0.2, 0.25) is 5.02 Å². The summed E-state index contributed by atoms with van der Waals surface area (Å²) in [7, 11) is 0. The van der Waals surface area contributed by atoms with E-state index in [1.165, 1.54) is 0 Å². The highest BCUT2D eigenvalue weighted by atomic mass is 79.9. The lowest BCUT2D eigenvalue weighted by Gasteiger charge is -1.97. The molecule has 0 saturated carbocycles. The minimum atomic E-state index is 0.413. The van der Waals surface area contributed by atoms with Gasteiger partial charge in [-0.05, 0) is 24.3 Å². The minimum absolute atomic E-state index is 0.413. The summed E-state index contributed by atoms with van der Waals surface area (Å²) in [5.41, 5.74) is 1.61. The van der Waals surface area contributed by atoms with E-state index in [9.17, 15) is 0 Å². The number of nitrogens with zero attached hydrogens (tertiary/aromatic N) is 2. The monoisotopic (exact) mass is 334 g/mol. The molecule has 0 aliphatic heterocycles. The van der Waals surface area contributed by atoms with Crippen molar-refractivity contribution in [2.45, 2.75) is 0 Å². The van der Waals surface area contributed by atoms with E-state index in [0.717, 1.165) is 15.6 Å². The van der Waals surface area contributed by atoms with Crippen molar-refractivity contribution in [3.05, 3.63) is 58.0 Å². The molecule has 0 saturated heterocycles. The van der Waals surface area contributed by atoms with Gasteiger partial charge in [0, 0.05) is 10.0 Å². The zero-order valence-electron chi connectivity index (χ0n) is 9.68. The second kappa shape index (κ2) is 5.15. The van der Waals surface area contributed by atoms with Gasteiger partial charge in [-0.25, -0.2) is 0 Å². The van der Waals surface area contributed by atoms with Crippen LogP contribution in [0.1, 0.15) is 0 Å². The molecule has 1 aromatic heterocycles. The molecule has 3 rings (SSSR count). The molecule has 0 radical (unpaired) electrons. The third-order valence-corrected chi connectivity index (χ3v) is 3.67. The zero-order chi connectivity index (χ0) is 13.2. The van der Waals surface area contributed by atoms with E-state index in [0.29, 0.717) is 16.7 Å². The van der Waals surface area contributed by atoms with Crippen LogP contribution in [0.3, 0.4) is 0 Å². The fraction of sp³-hybridized carbons (Fsp3) is 0. The van der Waals surface area contributed by atoms with E-state index < -0.39 is 0 Å². The fourth-order valence-corrected chi connectivity index (χ4v) is 2.40. The Bertz CT molecular complexity index is 667. The zero-order valence-corrected chi connectivity index (χ0v) is 12.0. The van der Waals surface area contributed by atoms with Crippen molar-refractivity contribution < 1.29 is 4.52 Å². The van der Waals surface area contributed by atoms with Gasteiger partial charge >= 0.3 is 0 Å². The van der Waals surface area contributed by atoms with Crippen molar-refractivity contribution in [3.63, 3.8) is 0 Å². The first-order chi connectivity index (χ1) is 9.25. The third-order valence-electron chi connectivity index (χ3n) is 2.65. The molecule has 0 amide bonds. The molecular weight excluding hydrogens is 328 g/mol. The third kappa shape index (κ3) is 2.41. The Morgan fingerprint density at radius 3 is 2.37 bits per heavy atom. The molecule has 0 bridgehead atoms. The summed E-state index contributed by atoms with van der Waals surface area (Å²) in [4.78, 5) is 4.38. The van der Waals surface area contributed by atoms with Gasteiger partial charge in [-0.2, -0.15) is 4.98 Å². The molecule has 0 fully saturated rings. The average Bonchev–Trinajstić information content (AvgIpc) is 2.89. The molecule has 1 heterocycles. The summed E-state index contributed by atoms with van der Waals surface area (Å²) in [6.07, 6.45) is 0. The highest BCUT2D eigenvalue weighted by Crippen LogP contribution is 2.30. The molecule has 19 heavy (non-hydrogen) atoms. The summed E-state index contributed by atoms with van der Waals surface area (Å²) in [5, 5.41) is 4.58. The first kappa shape index (κ1) is 12.4. The van der Waals surface area contributed by atoms with Gasteiger partial charge in [0.2, 0.25) is 5.82 Å². The van der Waals surface area contributed by atoms with E-state index in [-0.39, 0.29) is 0 Å². The van der Waals surface area contributed by atoms with Gasteiger partial charge < -0.3 is 4.52 Å². The lowest BCUT2D eigenvalue weighted by atomic mass is 10.2. The van der Waals surface area contributed by atoms with Crippen LogP contribution in [0.15, 0.2) is 57.5 Å². The van der Waals surface area contributed by atoms with Crippen molar-refractivity contribution >= 4 is 27.5 Å². The van der Waals surface area contributed by atoms with Crippen molar-refractivity contribution in [1.29, 1.82) is 0 Å². The van der Waals surface area contributed by atoms with Crippen LogP contribution in [-0.2, 0) is 0 Å². The van der Waals surface area contributed by atoms with Gasteiger partial charge in [-0.15, -0.1) is 0 Å². The second-order valence-corrected chi connectivity index (χ2v) is 5.14. The number of hydrogen-bond donors (Lipinski definition) is 0. The Labute approximate surface area is 123 Å². The van der Waals surface area contributed by atoms with Gasteiger partial charge in [-0.1, -0.05) is 57.0 Å². The maximum absolute atomic E-state index is 6.11. The van der Waals surface area contributed by atoms with Crippen LogP contribution in [0.4, 0.5) is 0 Å². The molecular formula is C14H8BrClN2O. The molecule has 0 aliphatic rings. The molecule has 0 aliphatic carbocycles. The largest absolute Gasteiger partial charge is 0.334 e. The summed E-state index contributed by atoms with van der Waals surface area (Å²) in [6, 6.07) is 15.1. The minimum Gasteiger partial charge on any atom is -0.334 e. The molecule has 0 spiro atoms. The van der Waals surface area contributed by atoms with Crippen LogP contribution in [0.25, 0.3) is 22.8 Å². The van der Waals surface area contributed by atoms with Crippen LogP contribution in [-0.4, -0.2) is 10.1 Å². The summed E-state index contributed by atoms with van der Waals surface area (Å²) in [5.74, 6) is 0.943. The molecule has 3 nitrogen and oxygen atoms in total. The highest BCUT2D eigenvalue weighted by molar-refractivity contribution is 9.10. The smallest absolute Gasteiger partial charge is 0.259 e. The molecule has 0 N–H and O–H groups in total. The summed E-state index contributed by atoms with van der Waals surface area (Å²) < 4.78 is 6.19. The Balaban J connectivity index is 2.06. The normalized spacial score (nSPS) is 10.6. The maximum Gasteiger partial charge on any atom is 0.259 e. The maximum atomic E-state index is 6.11. The van der Waals surface area contributed by atoms with Crippen LogP contribution in [0, 0.1) is 0 Å². The van der Waals surface area contributed by atoms with Crippen LogP contribution in [0.5, 0.6) is 0 Å². The molecule has 5 heteroatoms. The number of rotatable bonds is 2. The molecule has 94 valence electrons. The van der Waals surface area contributed by atoms with Crippen molar-refractivity contribution in [2.24, 2.45) is 0 Å². The number of benzene rings is 2. The predicted octanol–water partition coefficient (Wildman–Crippen LogP) is 4.82. The number of hydrogen-bond acceptors (Lipinski definition) is 3. The van der Waals surface area contributed by atoms with Crippen LogP contribution < -0.4 is 0 Å². The first-order valence-corrected chi connectivity index (χ1v) is 6.76. The van der Waals surface area contributed by atoms with Gasteiger partial charge in [-0.3, -0.25) is 0 Å². The van der Waals surface area contributed by atoms with Gasteiger partial charge in [0.05, 0.1) is 10.6 Å². The molecule has 0 atom stereocenters. The molecule has 3 aromatic rings. The lowest BCUT2D eigenvalue weighted by Crippen LogP contribution is -1.83. The summed E-state index contributed by atoms with van der Waals surface area (Å²) in [6.45, 7) is 0. The quantitative estimate of drug-likeness (QED) is 0.674. The number of halogens is 2. The van der Waals surface area contributed by atoms with Gasteiger partial charge in [0.15, 0.2) is 0 Å². The van der Waals surface area contributed by atoms with E-state index in [4.69, 9.17) is 16.1 Å². The SMILES string of the molecule is Clc1ccccc1-c1nc(-c2ccccc2Br)no1. The van der Waals surface area contributed by atoms with E-state index >= 15 is 0 Å². The first-order valence-electron chi connectivity index (χ1n) is 5.59. The highest BCUT2D eigenvalue weighted by Gasteiger charge is 2.14.